The van der Waals surface area contributed by atoms with E-state index in [4.69, 9.17) is 5.11 Å². The van der Waals surface area contributed by atoms with Crippen LogP contribution in [-0.4, -0.2) is 26.4 Å². The maximum atomic E-state index is 11.4. The van der Waals surface area contributed by atoms with Gasteiger partial charge in [-0.3, -0.25) is 9.59 Å². The number of rotatable bonds is 6. The van der Waals surface area contributed by atoms with Crippen LogP contribution in [0.15, 0.2) is 39.7 Å². The van der Waals surface area contributed by atoms with E-state index in [0.29, 0.717) is 11.7 Å². The lowest BCUT2D eigenvalue weighted by Crippen LogP contribution is -2.26. The molecule has 0 aromatic carbocycles. The van der Waals surface area contributed by atoms with E-state index in [0.717, 1.165) is 11.8 Å². The lowest BCUT2D eigenvalue weighted by atomic mass is 9.91. The highest BCUT2D eigenvalue weighted by Crippen LogP contribution is 2.30. The van der Waals surface area contributed by atoms with Gasteiger partial charge in [-0.15, -0.1) is 11.3 Å². The molecule has 0 unspecified atom stereocenters. The Hall–Kier alpha value is -1.60. The molecule has 0 saturated heterocycles. The van der Waals surface area contributed by atoms with E-state index in [2.05, 4.69) is 24.9 Å². The number of nitrogens with zero attached hydrogens (tertiary/aromatic N) is 2. The molecule has 0 amide bonds. The van der Waals surface area contributed by atoms with Gasteiger partial charge in [-0.05, 0) is 11.4 Å². The van der Waals surface area contributed by atoms with Crippen LogP contribution in [0.3, 0.4) is 0 Å². The summed E-state index contributed by atoms with van der Waals surface area (Å²) in [6.45, 7) is 4.86. The molecule has 0 fully saturated rings. The first kappa shape index (κ1) is 15.8. The zero-order valence-corrected chi connectivity index (χ0v) is 13.4. The number of carboxylic acid groups (broad SMARTS) is 1. The summed E-state index contributed by atoms with van der Waals surface area (Å²) in [5, 5.41) is 11.3. The van der Waals surface area contributed by atoms with Gasteiger partial charge in [-0.2, -0.15) is 4.98 Å². The summed E-state index contributed by atoms with van der Waals surface area (Å²) in [4.78, 5) is 27.3. The Morgan fingerprint density at radius 2 is 2.24 bits per heavy atom. The predicted molar refractivity (Wildman–Crippen MR) is 84.2 cm³/mol. The van der Waals surface area contributed by atoms with Crippen LogP contribution in [0.1, 0.15) is 18.7 Å². The van der Waals surface area contributed by atoms with Gasteiger partial charge in [0.15, 0.2) is 5.16 Å². The third-order valence-corrected chi connectivity index (χ3v) is 5.14. The minimum absolute atomic E-state index is 0.115. The Morgan fingerprint density at radius 3 is 2.86 bits per heavy atom. The highest BCUT2D eigenvalue weighted by Gasteiger charge is 2.23. The molecule has 2 aromatic rings. The number of thiophene rings is 1. The largest absolute Gasteiger partial charge is 0.481 e. The summed E-state index contributed by atoms with van der Waals surface area (Å²) in [5.41, 5.74) is -0.475. The van der Waals surface area contributed by atoms with Gasteiger partial charge >= 0.3 is 5.97 Å². The number of carbonyl (C=O) groups is 1. The molecule has 0 atom stereocenters. The van der Waals surface area contributed by atoms with Crippen molar-refractivity contribution in [1.82, 2.24) is 9.55 Å². The molecule has 2 aromatic heterocycles. The summed E-state index contributed by atoms with van der Waals surface area (Å²) in [7, 11) is 0. The van der Waals surface area contributed by atoms with Crippen molar-refractivity contribution in [2.75, 3.05) is 5.75 Å². The molecule has 0 aliphatic rings. The summed E-state index contributed by atoms with van der Waals surface area (Å²) in [5.74, 6) is -1.04. The van der Waals surface area contributed by atoms with Gasteiger partial charge in [0.1, 0.15) is 0 Å². The van der Waals surface area contributed by atoms with E-state index in [1.165, 1.54) is 10.9 Å². The van der Waals surface area contributed by atoms with Gasteiger partial charge in [0.25, 0.3) is 5.56 Å². The lowest BCUT2D eigenvalue weighted by Gasteiger charge is -2.25. The predicted octanol–water partition coefficient (Wildman–Crippen LogP) is 2.46. The molecule has 0 radical (unpaired) electrons. The monoisotopic (exact) mass is 324 g/mol. The van der Waals surface area contributed by atoms with Crippen molar-refractivity contribution in [3.63, 3.8) is 0 Å². The molecule has 0 bridgehead atoms. The number of aromatic nitrogens is 2. The van der Waals surface area contributed by atoms with Crippen LogP contribution in [0, 0.1) is 0 Å². The number of thioether (sulfide) groups is 1. The smallest absolute Gasteiger partial charge is 0.313 e. The number of hydrogen-bond acceptors (Lipinski definition) is 5. The molecule has 21 heavy (non-hydrogen) atoms. The topological polar surface area (TPSA) is 72.2 Å². The fourth-order valence-corrected chi connectivity index (χ4v) is 3.49. The first-order chi connectivity index (χ1) is 9.88. The molecular weight excluding hydrogens is 308 g/mol. The van der Waals surface area contributed by atoms with Crippen molar-refractivity contribution in [3.8, 4) is 0 Å². The van der Waals surface area contributed by atoms with E-state index < -0.39 is 5.97 Å². The normalized spacial score (nSPS) is 11.5. The Morgan fingerprint density at radius 1 is 1.48 bits per heavy atom. The second-order valence-corrected chi connectivity index (χ2v) is 7.11. The van der Waals surface area contributed by atoms with Gasteiger partial charge in [-0.25, -0.2) is 0 Å². The molecule has 2 rings (SSSR count). The van der Waals surface area contributed by atoms with Crippen LogP contribution >= 0.6 is 23.1 Å². The van der Waals surface area contributed by atoms with Crippen molar-refractivity contribution in [2.24, 2.45) is 0 Å². The first-order valence-corrected chi connectivity index (χ1v) is 8.21. The molecule has 7 heteroatoms. The summed E-state index contributed by atoms with van der Waals surface area (Å²) >= 11 is 2.74. The standard InChI is InChI=1S/C14H16N2O3S2/c1-14(2,10-4-3-7-20-10)9-16-6-5-11(17)15-13(16)21-8-12(18)19/h3-7H,8-9H2,1-2H3,(H,18,19). The fourth-order valence-electron chi connectivity index (χ4n) is 1.94. The quantitative estimate of drug-likeness (QED) is 0.653. The Kier molecular flexibility index (Phi) is 4.84. The lowest BCUT2D eigenvalue weighted by molar-refractivity contribution is -0.133. The fraction of sp³-hybridized carbons (Fsp3) is 0.357. The summed E-state index contributed by atoms with van der Waals surface area (Å²) in [6, 6.07) is 5.48. The number of aliphatic carboxylic acids is 1. The highest BCUT2D eigenvalue weighted by atomic mass is 32.2. The molecule has 112 valence electrons. The van der Waals surface area contributed by atoms with Gasteiger partial charge in [0.2, 0.25) is 0 Å². The second-order valence-electron chi connectivity index (χ2n) is 5.22. The molecule has 1 N–H and O–H groups in total. The molecule has 0 aliphatic carbocycles. The molecule has 0 spiro atoms. The van der Waals surface area contributed by atoms with Crippen LogP contribution in [0.25, 0.3) is 0 Å². The Bertz CT molecular complexity index is 678. The summed E-state index contributed by atoms with van der Waals surface area (Å²) in [6.07, 6.45) is 1.68. The first-order valence-electron chi connectivity index (χ1n) is 6.34. The Balaban J connectivity index is 2.26. The third-order valence-electron chi connectivity index (χ3n) is 2.93. The average Bonchev–Trinajstić information content (AvgIpc) is 2.93. The van der Waals surface area contributed by atoms with Crippen LogP contribution < -0.4 is 5.56 Å². The molecule has 0 aliphatic heterocycles. The van der Waals surface area contributed by atoms with E-state index >= 15 is 0 Å². The highest BCUT2D eigenvalue weighted by molar-refractivity contribution is 7.99. The van der Waals surface area contributed by atoms with Crippen LogP contribution in [0.4, 0.5) is 0 Å². The van der Waals surface area contributed by atoms with Crippen LogP contribution in [0.5, 0.6) is 0 Å². The van der Waals surface area contributed by atoms with Crippen LogP contribution in [-0.2, 0) is 16.8 Å². The van der Waals surface area contributed by atoms with E-state index in [9.17, 15) is 9.59 Å². The Labute approximate surface area is 130 Å². The number of hydrogen-bond donors (Lipinski definition) is 1. The van der Waals surface area contributed by atoms with Gasteiger partial charge < -0.3 is 9.67 Å². The van der Waals surface area contributed by atoms with Crippen molar-refractivity contribution in [2.45, 2.75) is 31.0 Å². The molecular formula is C14H16N2O3S2. The maximum Gasteiger partial charge on any atom is 0.313 e. The molecule has 2 heterocycles. The van der Waals surface area contributed by atoms with Crippen molar-refractivity contribution in [3.05, 3.63) is 45.0 Å². The minimum Gasteiger partial charge on any atom is -0.481 e. The van der Waals surface area contributed by atoms with Crippen molar-refractivity contribution < 1.29 is 9.90 Å². The minimum atomic E-state index is -0.929. The van der Waals surface area contributed by atoms with Gasteiger partial charge in [0.05, 0.1) is 5.75 Å². The van der Waals surface area contributed by atoms with E-state index in [1.54, 1.807) is 17.5 Å². The molecule has 5 nitrogen and oxygen atoms in total. The van der Waals surface area contributed by atoms with Crippen LogP contribution in [0.2, 0.25) is 0 Å². The number of carboxylic acids is 1. The third kappa shape index (κ3) is 4.18. The van der Waals surface area contributed by atoms with Gasteiger partial charge in [-0.1, -0.05) is 31.7 Å². The SMILES string of the molecule is CC(C)(Cn1ccc(=O)nc1SCC(=O)O)c1cccs1. The zero-order chi connectivity index (χ0) is 15.5. The van der Waals surface area contributed by atoms with Crippen molar-refractivity contribution in [1.29, 1.82) is 0 Å². The van der Waals surface area contributed by atoms with Crippen molar-refractivity contribution >= 4 is 29.1 Å². The molecule has 0 saturated carbocycles. The maximum absolute atomic E-state index is 11.4. The van der Waals surface area contributed by atoms with E-state index in [-0.39, 0.29) is 16.7 Å². The van der Waals surface area contributed by atoms with Gasteiger partial charge in [0, 0.05) is 29.1 Å². The second kappa shape index (κ2) is 6.44. The summed E-state index contributed by atoms with van der Waals surface area (Å²) < 4.78 is 1.84. The van der Waals surface area contributed by atoms with E-state index in [1.807, 2.05) is 16.0 Å². The average molecular weight is 324 g/mol. The zero-order valence-electron chi connectivity index (χ0n) is 11.8.